The van der Waals surface area contributed by atoms with Crippen LogP contribution in [0.3, 0.4) is 0 Å². The number of amides is 1. The number of carbonyl (C=O) groups is 1. The number of hydrogen-bond acceptors (Lipinski definition) is 5. The van der Waals surface area contributed by atoms with E-state index in [0.717, 1.165) is 24.3 Å². The number of hydrogen-bond donors (Lipinski definition) is 2. The summed E-state index contributed by atoms with van der Waals surface area (Å²) in [6.45, 7) is 5.60. The molecule has 1 saturated heterocycles. The molecule has 0 aromatic carbocycles. The van der Waals surface area contributed by atoms with Crippen LogP contribution in [0.1, 0.15) is 42.6 Å². The van der Waals surface area contributed by atoms with Crippen molar-refractivity contribution in [2.45, 2.75) is 58.1 Å². The second-order valence-electron chi connectivity index (χ2n) is 7.08. The van der Waals surface area contributed by atoms with Crippen molar-refractivity contribution in [3.8, 4) is 0 Å². The SMILES string of the molecule is Cc1nc(=O)[nH]c(C)c1CCC(=O)N[C@@H]1COCC[C@@H]1OCC1CC1. The van der Waals surface area contributed by atoms with E-state index in [1.165, 1.54) is 12.8 Å². The Hall–Kier alpha value is -1.73. The number of aromatic amines is 1. The van der Waals surface area contributed by atoms with E-state index in [9.17, 15) is 9.59 Å². The maximum absolute atomic E-state index is 12.4. The standard InChI is InChI=1S/C18H27N3O4/c1-11-14(12(2)20-18(23)19-11)5-6-17(22)21-15-10-24-8-7-16(15)25-9-13-3-4-13/h13,15-16H,3-10H2,1-2H3,(H,21,22)(H,19,20,23)/t15-,16+/m1/s1. The molecule has 0 spiro atoms. The molecule has 2 aliphatic rings. The number of nitrogens with zero attached hydrogens (tertiary/aromatic N) is 1. The largest absolute Gasteiger partial charge is 0.379 e. The van der Waals surface area contributed by atoms with Gasteiger partial charge in [-0.15, -0.1) is 0 Å². The van der Waals surface area contributed by atoms with Crippen molar-refractivity contribution < 1.29 is 14.3 Å². The summed E-state index contributed by atoms with van der Waals surface area (Å²) in [7, 11) is 0. The molecule has 1 amide bonds. The second kappa shape index (κ2) is 8.10. The Labute approximate surface area is 147 Å². The molecule has 3 rings (SSSR count). The number of aromatic nitrogens is 2. The van der Waals surface area contributed by atoms with Crippen LogP contribution in [0, 0.1) is 19.8 Å². The molecule has 1 aliphatic heterocycles. The summed E-state index contributed by atoms with van der Waals surface area (Å²) in [5, 5.41) is 3.05. The van der Waals surface area contributed by atoms with Gasteiger partial charge >= 0.3 is 5.69 Å². The molecule has 1 aromatic heterocycles. The minimum Gasteiger partial charge on any atom is -0.379 e. The first kappa shape index (κ1) is 18.1. The van der Waals surface area contributed by atoms with Gasteiger partial charge in [0, 0.05) is 31.0 Å². The molecule has 1 saturated carbocycles. The van der Waals surface area contributed by atoms with Gasteiger partial charge in [0.1, 0.15) is 0 Å². The summed E-state index contributed by atoms with van der Waals surface area (Å²) >= 11 is 0. The summed E-state index contributed by atoms with van der Waals surface area (Å²) in [5.41, 5.74) is 2.03. The third-order valence-electron chi connectivity index (χ3n) is 4.94. The fourth-order valence-corrected chi connectivity index (χ4v) is 3.24. The second-order valence-corrected chi connectivity index (χ2v) is 7.08. The average molecular weight is 349 g/mol. The Morgan fingerprint density at radius 1 is 1.36 bits per heavy atom. The molecule has 0 radical (unpaired) electrons. The number of carbonyl (C=O) groups excluding carboxylic acids is 1. The van der Waals surface area contributed by atoms with Crippen LogP contribution in [0.2, 0.25) is 0 Å². The minimum absolute atomic E-state index is 0.0273. The highest BCUT2D eigenvalue weighted by Crippen LogP contribution is 2.30. The van der Waals surface area contributed by atoms with Crippen LogP contribution >= 0.6 is 0 Å². The maximum Gasteiger partial charge on any atom is 0.345 e. The number of nitrogens with one attached hydrogen (secondary N) is 2. The molecule has 2 heterocycles. The topological polar surface area (TPSA) is 93.3 Å². The molecule has 0 unspecified atom stereocenters. The van der Waals surface area contributed by atoms with Crippen molar-refractivity contribution in [3.63, 3.8) is 0 Å². The first-order valence-electron chi connectivity index (χ1n) is 9.08. The third-order valence-corrected chi connectivity index (χ3v) is 4.94. The third kappa shape index (κ3) is 5.12. The van der Waals surface area contributed by atoms with Gasteiger partial charge in [0.05, 0.1) is 18.8 Å². The normalized spacial score (nSPS) is 23.4. The quantitative estimate of drug-likeness (QED) is 0.767. The lowest BCUT2D eigenvalue weighted by atomic mass is 10.0. The van der Waals surface area contributed by atoms with E-state index in [1.807, 2.05) is 6.92 Å². The number of H-pyrrole nitrogens is 1. The number of ether oxygens (including phenoxy) is 2. The molecular formula is C18H27N3O4. The van der Waals surface area contributed by atoms with Crippen molar-refractivity contribution in [1.82, 2.24) is 15.3 Å². The Kier molecular flexibility index (Phi) is 5.86. The Morgan fingerprint density at radius 3 is 2.88 bits per heavy atom. The monoisotopic (exact) mass is 349 g/mol. The summed E-state index contributed by atoms with van der Waals surface area (Å²) in [6.07, 6.45) is 4.27. The predicted molar refractivity (Wildman–Crippen MR) is 92.5 cm³/mol. The number of aryl methyl sites for hydroxylation is 2. The maximum atomic E-state index is 12.4. The van der Waals surface area contributed by atoms with Gasteiger partial charge < -0.3 is 19.8 Å². The summed E-state index contributed by atoms with van der Waals surface area (Å²) in [4.78, 5) is 30.3. The fraction of sp³-hybridized carbons (Fsp3) is 0.722. The molecule has 2 fully saturated rings. The highest BCUT2D eigenvalue weighted by atomic mass is 16.5. The lowest BCUT2D eigenvalue weighted by Gasteiger charge is -2.32. The van der Waals surface area contributed by atoms with Crippen LogP contribution in [0.15, 0.2) is 4.79 Å². The van der Waals surface area contributed by atoms with Gasteiger partial charge in [0.25, 0.3) is 0 Å². The molecule has 0 bridgehead atoms. The minimum atomic E-state index is -0.349. The lowest BCUT2D eigenvalue weighted by Crippen LogP contribution is -2.50. The van der Waals surface area contributed by atoms with Gasteiger partial charge in [-0.3, -0.25) is 4.79 Å². The van der Waals surface area contributed by atoms with E-state index in [4.69, 9.17) is 9.47 Å². The van der Waals surface area contributed by atoms with Gasteiger partial charge in [-0.2, -0.15) is 4.98 Å². The van der Waals surface area contributed by atoms with Gasteiger partial charge in [-0.25, -0.2) is 4.79 Å². The first-order valence-corrected chi connectivity index (χ1v) is 9.08. The molecule has 1 aliphatic carbocycles. The van der Waals surface area contributed by atoms with E-state index >= 15 is 0 Å². The van der Waals surface area contributed by atoms with E-state index in [2.05, 4.69) is 15.3 Å². The summed E-state index contributed by atoms with van der Waals surface area (Å²) < 4.78 is 11.5. The molecule has 1 aromatic rings. The lowest BCUT2D eigenvalue weighted by molar-refractivity contribution is -0.126. The van der Waals surface area contributed by atoms with Crippen molar-refractivity contribution in [2.75, 3.05) is 19.8 Å². The van der Waals surface area contributed by atoms with Crippen LogP contribution in [0.4, 0.5) is 0 Å². The van der Waals surface area contributed by atoms with Crippen LogP contribution in [-0.2, 0) is 20.7 Å². The summed E-state index contributed by atoms with van der Waals surface area (Å²) in [5.74, 6) is 0.679. The fourth-order valence-electron chi connectivity index (χ4n) is 3.24. The van der Waals surface area contributed by atoms with Crippen molar-refractivity contribution in [1.29, 1.82) is 0 Å². The van der Waals surface area contributed by atoms with Gasteiger partial charge in [-0.05, 0) is 51.0 Å². The van der Waals surface area contributed by atoms with Crippen LogP contribution < -0.4 is 11.0 Å². The Bertz CT molecular complexity index is 643. The summed E-state index contributed by atoms with van der Waals surface area (Å²) in [6, 6.07) is -0.0871. The highest BCUT2D eigenvalue weighted by molar-refractivity contribution is 5.76. The molecule has 7 heteroatoms. The Balaban J connectivity index is 1.51. The van der Waals surface area contributed by atoms with E-state index in [-0.39, 0.29) is 23.7 Å². The zero-order chi connectivity index (χ0) is 17.8. The first-order chi connectivity index (χ1) is 12.0. The van der Waals surface area contributed by atoms with E-state index in [1.54, 1.807) is 6.92 Å². The molecule has 25 heavy (non-hydrogen) atoms. The van der Waals surface area contributed by atoms with Gasteiger partial charge in [0.15, 0.2) is 0 Å². The van der Waals surface area contributed by atoms with Gasteiger partial charge in [0.2, 0.25) is 5.91 Å². The van der Waals surface area contributed by atoms with E-state index < -0.39 is 0 Å². The smallest absolute Gasteiger partial charge is 0.345 e. The van der Waals surface area contributed by atoms with Crippen LogP contribution in [-0.4, -0.2) is 47.8 Å². The van der Waals surface area contributed by atoms with Crippen molar-refractivity contribution in [3.05, 3.63) is 27.4 Å². The Morgan fingerprint density at radius 2 is 2.16 bits per heavy atom. The van der Waals surface area contributed by atoms with Crippen LogP contribution in [0.5, 0.6) is 0 Å². The highest BCUT2D eigenvalue weighted by Gasteiger charge is 2.30. The molecule has 2 N–H and O–H groups in total. The molecular weight excluding hydrogens is 322 g/mol. The van der Waals surface area contributed by atoms with Crippen molar-refractivity contribution >= 4 is 5.91 Å². The number of rotatable bonds is 7. The molecule has 7 nitrogen and oxygen atoms in total. The zero-order valence-electron chi connectivity index (χ0n) is 15.0. The van der Waals surface area contributed by atoms with E-state index in [0.29, 0.717) is 37.7 Å². The van der Waals surface area contributed by atoms with Crippen molar-refractivity contribution in [2.24, 2.45) is 5.92 Å². The average Bonchev–Trinajstić information content (AvgIpc) is 3.37. The predicted octanol–water partition coefficient (Wildman–Crippen LogP) is 1.02. The van der Waals surface area contributed by atoms with Gasteiger partial charge in [-0.1, -0.05) is 0 Å². The molecule has 138 valence electrons. The van der Waals surface area contributed by atoms with Crippen LogP contribution in [0.25, 0.3) is 0 Å². The zero-order valence-corrected chi connectivity index (χ0v) is 15.0. The molecule has 2 atom stereocenters.